The molecule has 0 spiro atoms. The van der Waals surface area contributed by atoms with E-state index in [1.165, 1.54) is 35.5 Å². The second-order valence-electron chi connectivity index (χ2n) is 7.17. The average Bonchev–Trinajstić information content (AvgIpc) is 2.55. The van der Waals surface area contributed by atoms with Gasteiger partial charge in [0.05, 0.1) is 0 Å². The topological polar surface area (TPSA) is 25.8 Å². The lowest BCUT2D eigenvalue weighted by molar-refractivity contribution is 0.624. The number of aromatic nitrogens is 2. The van der Waals surface area contributed by atoms with Crippen LogP contribution in [-0.2, 0) is 6.42 Å². The molecule has 2 heterocycles. The molecule has 0 radical (unpaired) electrons. The van der Waals surface area contributed by atoms with E-state index in [1.54, 1.807) is 0 Å². The third-order valence-corrected chi connectivity index (χ3v) is 4.46. The first-order valence-electron chi connectivity index (χ1n) is 8.89. The molecule has 0 saturated heterocycles. The van der Waals surface area contributed by atoms with Crippen LogP contribution in [0.3, 0.4) is 0 Å². The first kappa shape index (κ1) is 17.7. The minimum Gasteiger partial charge on any atom is -0.261 e. The molecule has 0 aliphatic heterocycles. The van der Waals surface area contributed by atoms with Crippen LogP contribution in [0.1, 0.15) is 87.9 Å². The Hall–Kier alpha value is -1.70. The third-order valence-electron chi connectivity index (χ3n) is 4.46. The lowest BCUT2D eigenvalue weighted by Crippen LogP contribution is -2.01. The highest BCUT2D eigenvalue weighted by molar-refractivity contribution is 5.22. The smallest absolute Gasteiger partial charge is 0.0432 e. The van der Waals surface area contributed by atoms with Gasteiger partial charge in [-0.3, -0.25) is 9.97 Å². The molecule has 2 rings (SSSR count). The first-order chi connectivity index (χ1) is 11.0. The summed E-state index contributed by atoms with van der Waals surface area (Å²) in [4.78, 5) is 9.23. The molecule has 0 saturated carbocycles. The van der Waals surface area contributed by atoms with E-state index in [-0.39, 0.29) is 0 Å². The van der Waals surface area contributed by atoms with Crippen molar-refractivity contribution in [3.8, 4) is 0 Å². The fourth-order valence-electron chi connectivity index (χ4n) is 2.80. The molecule has 0 N–H and O–H groups in total. The van der Waals surface area contributed by atoms with Crippen molar-refractivity contribution in [1.29, 1.82) is 0 Å². The van der Waals surface area contributed by atoms with Crippen molar-refractivity contribution in [2.24, 2.45) is 0 Å². The molecule has 2 aromatic rings. The van der Waals surface area contributed by atoms with E-state index in [4.69, 9.17) is 4.98 Å². The quantitative estimate of drug-likeness (QED) is 0.641. The van der Waals surface area contributed by atoms with Crippen LogP contribution < -0.4 is 0 Å². The van der Waals surface area contributed by atoms with Crippen molar-refractivity contribution >= 4 is 0 Å². The Morgan fingerprint density at radius 1 is 0.913 bits per heavy atom. The van der Waals surface area contributed by atoms with Crippen LogP contribution in [0.15, 0.2) is 36.5 Å². The number of hydrogen-bond donors (Lipinski definition) is 0. The summed E-state index contributed by atoms with van der Waals surface area (Å²) >= 11 is 0. The van der Waals surface area contributed by atoms with Crippen molar-refractivity contribution in [2.75, 3.05) is 0 Å². The summed E-state index contributed by atoms with van der Waals surface area (Å²) in [5.74, 6) is 1.56. The minimum atomic E-state index is 0.491. The summed E-state index contributed by atoms with van der Waals surface area (Å²) in [6.07, 6.45) is 5.38. The molecule has 2 heteroatoms. The Morgan fingerprint density at radius 3 is 2.35 bits per heavy atom. The van der Waals surface area contributed by atoms with E-state index in [0.717, 1.165) is 6.42 Å². The molecule has 0 aliphatic carbocycles. The fraction of sp³-hybridized carbons (Fsp3) is 0.524. The molecule has 23 heavy (non-hydrogen) atoms. The van der Waals surface area contributed by atoms with Gasteiger partial charge in [-0.15, -0.1) is 0 Å². The zero-order valence-electron chi connectivity index (χ0n) is 15.2. The summed E-state index contributed by atoms with van der Waals surface area (Å²) in [7, 11) is 0. The Kier molecular flexibility index (Phi) is 6.32. The number of nitrogens with zero attached hydrogens (tertiary/aromatic N) is 2. The molecule has 2 nitrogen and oxygen atoms in total. The number of pyridine rings is 2. The Bertz CT molecular complexity index is 617. The molecule has 124 valence electrons. The zero-order valence-corrected chi connectivity index (χ0v) is 15.2. The standard InChI is InChI=1S/C21H30N2/c1-15(2)20-11-7-10-19(23-20)9-6-8-17(5)18-12-13-22-21(14-18)16(3)4/h7,10-17H,6,8-9H2,1-5H3. The van der Waals surface area contributed by atoms with Gasteiger partial charge in [0.15, 0.2) is 0 Å². The van der Waals surface area contributed by atoms with Crippen molar-refractivity contribution < 1.29 is 0 Å². The maximum Gasteiger partial charge on any atom is 0.0432 e. The van der Waals surface area contributed by atoms with Crippen LogP contribution in [0.4, 0.5) is 0 Å². The van der Waals surface area contributed by atoms with Gasteiger partial charge in [0, 0.05) is 23.3 Å². The molecule has 0 aromatic carbocycles. The molecule has 0 aliphatic rings. The lowest BCUT2D eigenvalue weighted by atomic mass is 9.94. The van der Waals surface area contributed by atoms with Crippen LogP contribution in [-0.4, -0.2) is 9.97 Å². The SMILES string of the molecule is CC(C)c1cc(C(C)CCCc2cccc(C(C)C)n2)ccn1. The summed E-state index contributed by atoms with van der Waals surface area (Å²) < 4.78 is 0. The van der Waals surface area contributed by atoms with Crippen molar-refractivity contribution in [2.45, 2.75) is 71.6 Å². The van der Waals surface area contributed by atoms with Gasteiger partial charge in [0.1, 0.15) is 0 Å². The van der Waals surface area contributed by atoms with Crippen molar-refractivity contribution in [3.63, 3.8) is 0 Å². The molecular formula is C21H30N2. The van der Waals surface area contributed by atoms with Gasteiger partial charge >= 0.3 is 0 Å². The monoisotopic (exact) mass is 310 g/mol. The molecule has 1 atom stereocenters. The number of hydrogen-bond acceptors (Lipinski definition) is 2. The number of aryl methyl sites for hydroxylation is 1. The highest BCUT2D eigenvalue weighted by Crippen LogP contribution is 2.24. The zero-order chi connectivity index (χ0) is 16.8. The van der Waals surface area contributed by atoms with Crippen LogP contribution in [0.2, 0.25) is 0 Å². The van der Waals surface area contributed by atoms with Crippen LogP contribution in [0, 0.1) is 0 Å². The minimum absolute atomic E-state index is 0.491. The number of rotatable bonds is 7. The third kappa shape index (κ3) is 5.16. The second-order valence-corrected chi connectivity index (χ2v) is 7.17. The van der Waals surface area contributed by atoms with E-state index in [9.17, 15) is 0 Å². The van der Waals surface area contributed by atoms with Gasteiger partial charge in [0.25, 0.3) is 0 Å². The Balaban J connectivity index is 1.91. The fourth-order valence-corrected chi connectivity index (χ4v) is 2.80. The average molecular weight is 310 g/mol. The van der Waals surface area contributed by atoms with E-state index >= 15 is 0 Å². The predicted molar refractivity (Wildman–Crippen MR) is 98.0 cm³/mol. The summed E-state index contributed by atoms with van der Waals surface area (Å²) in [5.41, 5.74) is 5.03. The second kappa shape index (κ2) is 8.24. The predicted octanol–water partition coefficient (Wildman–Crippen LogP) is 5.85. The molecule has 1 unspecified atom stereocenters. The maximum atomic E-state index is 4.77. The first-order valence-corrected chi connectivity index (χ1v) is 8.89. The van der Waals surface area contributed by atoms with Gasteiger partial charge in [-0.1, -0.05) is 40.7 Å². The molecule has 2 aromatic heterocycles. The highest BCUT2D eigenvalue weighted by Gasteiger charge is 2.09. The molecular weight excluding hydrogens is 280 g/mol. The van der Waals surface area contributed by atoms with Gasteiger partial charge in [-0.05, 0) is 66.8 Å². The molecule has 0 fully saturated rings. The van der Waals surface area contributed by atoms with E-state index in [1.807, 2.05) is 6.20 Å². The van der Waals surface area contributed by atoms with E-state index < -0.39 is 0 Å². The normalized spacial score (nSPS) is 12.8. The Labute approximate surface area is 141 Å². The molecule has 0 bridgehead atoms. The Morgan fingerprint density at radius 2 is 1.65 bits per heavy atom. The summed E-state index contributed by atoms with van der Waals surface area (Å²) in [6.45, 7) is 11.1. The van der Waals surface area contributed by atoms with Crippen LogP contribution in [0.25, 0.3) is 0 Å². The van der Waals surface area contributed by atoms with Gasteiger partial charge < -0.3 is 0 Å². The maximum absolute atomic E-state index is 4.77. The largest absolute Gasteiger partial charge is 0.261 e. The van der Waals surface area contributed by atoms with Gasteiger partial charge in [0.2, 0.25) is 0 Å². The van der Waals surface area contributed by atoms with E-state index in [2.05, 4.69) is 69.9 Å². The molecule has 0 amide bonds. The lowest BCUT2D eigenvalue weighted by Gasteiger charge is -2.14. The summed E-state index contributed by atoms with van der Waals surface area (Å²) in [6, 6.07) is 10.8. The van der Waals surface area contributed by atoms with Crippen LogP contribution in [0.5, 0.6) is 0 Å². The van der Waals surface area contributed by atoms with Gasteiger partial charge in [-0.25, -0.2) is 0 Å². The highest BCUT2D eigenvalue weighted by atomic mass is 14.7. The van der Waals surface area contributed by atoms with Crippen molar-refractivity contribution in [3.05, 3.63) is 59.2 Å². The van der Waals surface area contributed by atoms with Crippen molar-refractivity contribution in [1.82, 2.24) is 9.97 Å². The van der Waals surface area contributed by atoms with E-state index in [0.29, 0.717) is 17.8 Å². The van der Waals surface area contributed by atoms with Gasteiger partial charge in [-0.2, -0.15) is 0 Å². The van der Waals surface area contributed by atoms with Crippen LogP contribution >= 0.6 is 0 Å². The summed E-state index contributed by atoms with van der Waals surface area (Å²) in [5, 5.41) is 0.